The van der Waals surface area contributed by atoms with Crippen molar-refractivity contribution in [3.05, 3.63) is 11.9 Å². The standard InChI is InChI=1S/C16H27N5/c1-3-14-15(17-4-2)18-12-19-16(14)21-10-6-9-20-8-5-7-13(20)11-21/h12-13H,3-11H2,1-2H3,(H,17,18,19). The fourth-order valence-corrected chi connectivity index (χ4v) is 3.72. The van der Waals surface area contributed by atoms with Crippen molar-refractivity contribution < 1.29 is 0 Å². The molecule has 2 saturated heterocycles. The van der Waals surface area contributed by atoms with E-state index in [1.54, 1.807) is 6.33 Å². The number of nitrogens with one attached hydrogen (secondary N) is 1. The molecule has 0 radical (unpaired) electrons. The van der Waals surface area contributed by atoms with Gasteiger partial charge in [-0.15, -0.1) is 0 Å². The van der Waals surface area contributed by atoms with Crippen LogP contribution in [0.4, 0.5) is 11.6 Å². The summed E-state index contributed by atoms with van der Waals surface area (Å²) in [6, 6.07) is 0.717. The van der Waals surface area contributed by atoms with Gasteiger partial charge in [0.2, 0.25) is 0 Å². The Morgan fingerprint density at radius 3 is 2.86 bits per heavy atom. The number of rotatable bonds is 4. The minimum Gasteiger partial charge on any atom is -0.370 e. The SMILES string of the molecule is CCNc1ncnc(N2CCCN3CCCC3C2)c1CC. The van der Waals surface area contributed by atoms with Gasteiger partial charge in [0.25, 0.3) is 0 Å². The summed E-state index contributed by atoms with van der Waals surface area (Å²) in [5.74, 6) is 2.16. The molecule has 1 atom stereocenters. The van der Waals surface area contributed by atoms with Crippen molar-refractivity contribution in [2.45, 2.75) is 45.6 Å². The third kappa shape index (κ3) is 2.98. The van der Waals surface area contributed by atoms with Gasteiger partial charge in [0.05, 0.1) is 0 Å². The zero-order valence-electron chi connectivity index (χ0n) is 13.3. The maximum Gasteiger partial charge on any atom is 0.137 e. The molecule has 0 aromatic carbocycles. The lowest BCUT2D eigenvalue weighted by Crippen LogP contribution is -2.37. The van der Waals surface area contributed by atoms with E-state index < -0.39 is 0 Å². The topological polar surface area (TPSA) is 44.3 Å². The average molecular weight is 289 g/mol. The first-order chi connectivity index (χ1) is 10.3. The van der Waals surface area contributed by atoms with E-state index in [0.29, 0.717) is 0 Å². The highest BCUT2D eigenvalue weighted by Gasteiger charge is 2.30. The van der Waals surface area contributed by atoms with Gasteiger partial charge in [-0.05, 0) is 39.2 Å². The molecule has 1 aromatic heterocycles. The Bertz CT molecular complexity index is 476. The number of anilines is 2. The largest absolute Gasteiger partial charge is 0.370 e. The molecule has 2 fully saturated rings. The second-order valence-corrected chi connectivity index (χ2v) is 6.04. The average Bonchev–Trinajstić information content (AvgIpc) is 2.84. The van der Waals surface area contributed by atoms with Gasteiger partial charge in [0, 0.05) is 37.8 Å². The van der Waals surface area contributed by atoms with Crippen molar-refractivity contribution in [1.82, 2.24) is 14.9 Å². The van der Waals surface area contributed by atoms with Gasteiger partial charge in [-0.1, -0.05) is 6.92 Å². The molecule has 3 heterocycles. The normalized spacial score (nSPS) is 23.0. The van der Waals surface area contributed by atoms with Gasteiger partial charge in [0.15, 0.2) is 0 Å². The number of nitrogens with zero attached hydrogens (tertiary/aromatic N) is 4. The molecule has 1 N–H and O–H groups in total. The van der Waals surface area contributed by atoms with Crippen molar-refractivity contribution in [3.8, 4) is 0 Å². The van der Waals surface area contributed by atoms with Crippen LogP contribution >= 0.6 is 0 Å². The predicted molar refractivity (Wildman–Crippen MR) is 87.0 cm³/mol. The lowest BCUT2D eigenvalue weighted by molar-refractivity contribution is 0.273. The highest BCUT2D eigenvalue weighted by Crippen LogP contribution is 2.28. The van der Waals surface area contributed by atoms with Crippen molar-refractivity contribution in [2.24, 2.45) is 0 Å². The molecule has 2 aliphatic heterocycles. The van der Waals surface area contributed by atoms with Crippen molar-refractivity contribution >= 4 is 11.6 Å². The molecule has 1 aromatic rings. The zero-order chi connectivity index (χ0) is 14.7. The van der Waals surface area contributed by atoms with Crippen LogP contribution in [0.15, 0.2) is 6.33 Å². The maximum atomic E-state index is 4.63. The molecule has 0 bridgehead atoms. The van der Waals surface area contributed by atoms with E-state index in [9.17, 15) is 0 Å². The summed E-state index contributed by atoms with van der Waals surface area (Å²) in [6.07, 6.45) is 6.61. The summed E-state index contributed by atoms with van der Waals surface area (Å²) in [4.78, 5) is 14.2. The minimum atomic E-state index is 0.717. The number of fused-ring (bicyclic) bond motifs is 1. The lowest BCUT2D eigenvalue weighted by Gasteiger charge is -2.28. The van der Waals surface area contributed by atoms with Crippen molar-refractivity contribution in [3.63, 3.8) is 0 Å². The Kier molecular flexibility index (Phi) is 4.58. The Morgan fingerprint density at radius 2 is 2.05 bits per heavy atom. The third-order valence-electron chi connectivity index (χ3n) is 4.72. The summed E-state index contributed by atoms with van der Waals surface area (Å²) in [7, 11) is 0. The van der Waals surface area contributed by atoms with E-state index in [1.807, 2.05) is 0 Å². The molecule has 116 valence electrons. The Hall–Kier alpha value is -1.36. The first-order valence-electron chi connectivity index (χ1n) is 8.40. The lowest BCUT2D eigenvalue weighted by atomic mass is 10.1. The fourth-order valence-electron chi connectivity index (χ4n) is 3.72. The summed E-state index contributed by atoms with van der Waals surface area (Å²) in [6.45, 7) is 9.98. The van der Waals surface area contributed by atoms with Gasteiger partial charge in [-0.25, -0.2) is 9.97 Å². The molecule has 5 nitrogen and oxygen atoms in total. The van der Waals surface area contributed by atoms with E-state index in [0.717, 1.165) is 43.7 Å². The van der Waals surface area contributed by atoms with Crippen LogP contribution < -0.4 is 10.2 Å². The van der Waals surface area contributed by atoms with E-state index in [4.69, 9.17) is 0 Å². The fraction of sp³-hybridized carbons (Fsp3) is 0.750. The van der Waals surface area contributed by atoms with Crippen LogP contribution in [0.3, 0.4) is 0 Å². The molecule has 5 heteroatoms. The highest BCUT2D eigenvalue weighted by atomic mass is 15.3. The predicted octanol–water partition coefficient (Wildman–Crippen LogP) is 2.15. The minimum absolute atomic E-state index is 0.717. The Morgan fingerprint density at radius 1 is 1.19 bits per heavy atom. The van der Waals surface area contributed by atoms with E-state index in [1.165, 1.54) is 37.9 Å². The van der Waals surface area contributed by atoms with E-state index in [2.05, 4.69) is 38.9 Å². The summed E-state index contributed by atoms with van der Waals surface area (Å²) in [5, 5.41) is 3.38. The molecule has 0 spiro atoms. The van der Waals surface area contributed by atoms with Gasteiger partial charge in [0.1, 0.15) is 18.0 Å². The first kappa shape index (κ1) is 14.6. The number of hydrogen-bond acceptors (Lipinski definition) is 5. The molecule has 2 aliphatic rings. The molecular formula is C16H27N5. The molecule has 1 unspecified atom stereocenters. The molecular weight excluding hydrogens is 262 g/mol. The molecule has 3 rings (SSSR count). The van der Waals surface area contributed by atoms with Gasteiger partial charge in [-0.2, -0.15) is 0 Å². The van der Waals surface area contributed by atoms with Gasteiger partial charge >= 0.3 is 0 Å². The second kappa shape index (κ2) is 6.60. The summed E-state index contributed by atoms with van der Waals surface area (Å²) >= 11 is 0. The molecule has 0 amide bonds. The second-order valence-electron chi connectivity index (χ2n) is 6.04. The van der Waals surface area contributed by atoms with Crippen molar-refractivity contribution in [2.75, 3.05) is 42.9 Å². The molecule has 0 saturated carbocycles. The maximum absolute atomic E-state index is 4.63. The Balaban J connectivity index is 1.86. The van der Waals surface area contributed by atoms with Crippen LogP contribution in [0.2, 0.25) is 0 Å². The molecule has 21 heavy (non-hydrogen) atoms. The van der Waals surface area contributed by atoms with E-state index >= 15 is 0 Å². The summed E-state index contributed by atoms with van der Waals surface area (Å²) < 4.78 is 0. The van der Waals surface area contributed by atoms with Crippen LogP contribution in [0.5, 0.6) is 0 Å². The van der Waals surface area contributed by atoms with Crippen LogP contribution in [-0.4, -0.2) is 53.6 Å². The summed E-state index contributed by atoms with van der Waals surface area (Å²) in [5.41, 5.74) is 1.27. The highest BCUT2D eigenvalue weighted by molar-refractivity contribution is 5.59. The first-order valence-corrected chi connectivity index (χ1v) is 8.40. The van der Waals surface area contributed by atoms with Crippen LogP contribution in [0.1, 0.15) is 38.7 Å². The van der Waals surface area contributed by atoms with Crippen molar-refractivity contribution in [1.29, 1.82) is 0 Å². The third-order valence-corrected chi connectivity index (χ3v) is 4.72. The van der Waals surface area contributed by atoms with Crippen LogP contribution in [0, 0.1) is 0 Å². The monoisotopic (exact) mass is 289 g/mol. The number of aromatic nitrogens is 2. The van der Waals surface area contributed by atoms with E-state index in [-0.39, 0.29) is 0 Å². The van der Waals surface area contributed by atoms with Crippen LogP contribution in [0.25, 0.3) is 0 Å². The zero-order valence-corrected chi connectivity index (χ0v) is 13.3. The van der Waals surface area contributed by atoms with Gasteiger partial charge in [-0.3, -0.25) is 4.90 Å². The smallest absolute Gasteiger partial charge is 0.137 e. The van der Waals surface area contributed by atoms with Gasteiger partial charge < -0.3 is 10.2 Å². The quantitative estimate of drug-likeness (QED) is 0.920. The molecule has 0 aliphatic carbocycles. The van der Waals surface area contributed by atoms with Crippen LogP contribution in [-0.2, 0) is 6.42 Å². The number of hydrogen-bond donors (Lipinski definition) is 1. The Labute approximate surface area is 127 Å².